The number of hydrogen-bond donors (Lipinski definition) is 1. The molecule has 0 heterocycles. The fraction of sp³-hybridized carbons (Fsp3) is 0.588. The minimum atomic E-state index is -0.985. The topological polar surface area (TPSA) is 40.5 Å². The number of benzene rings is 1. The molecule has 3 nitrogen and oxygen atoms in total. The van der Waals surface area contributed by atoms with Crippen LogP contribution in [0.4, 0.5) is 4.39 Å². The summed E-state index contributed by atoms with van der Waals surface area (Å²) in [6.07, 6.45) is 4.78. The minimum absolute atomic E-state index is 0.211. The number of rotatable bonds is 6. The summed E-state index contributed by atoms with van der Waals surface area (Å²) in [5.74, 6) is -0.848. The van der Waals surface area contributed by atoms with Crippen molar-refractivity contribution in [1.29, 1.82) is 0 Å². The summed E-state index contributed by atoms with van der Waals surface area (Å²) in [6.45, 7) is 5.75. The van der Waals surface area contributed by atoms with Gasteiger partial charge in [-0.2, -0.15) is 0 Å². The van der Waals surface area contributed by atoms with E-state index >= 15 is 0 Å². The monoisotopic (exact) mass is 293 g/mol. The highest BCUT2D eigenvalue weighted by atomic mass is 19.1. The summed E-state index contributed by atoms with van der Waals surface area (Å²) >= 11 is 0. The van der Waals surface area contributed by atoms with E-state index in [2.05, 4.69) is 18.7 Å². The first kappa shape index (κ1) is 16.0. The summed E-state index contributed by atoms with van der Waals surface area (Å²) in [4.78, 5) is 13.6. The lowest BCUT2D eigenvalue weighted by Gasteiger charge is -2.31. The molecule has 21 heavy (non-hydrogen) atoms. The van der Waals surface area contributed by atoms with E-state index in [0.717, 1.165) is 19.4 Å². The predicted molar refractivity (Wildman–Crippen MR) is 80.9 cm³/mol. The van der Waals surface area contributed by atoms with Gasteiger partial charge in [0.15, 0.2) is 0 Å². The Morgan fingerprint density at radius 3 is 2.62 bits per heavy atom. The van der Waals surface area contributed by atoms with Gasteiger partial charge in [0, 0.05) is 19.1 Å². The first-order valence-corrected chi connectivity index (χ1v) is 7.73. The fourth-order valence-corrected chi connectivity index (χ4v) is 3.20. The molecule has 1 aliphatic carbocycles. The minimum Gasteiger partial charge on any atom is -0.478 e. The van der Waals surface area contributed by atoms with E-state index < -0.39 is 5.97 Å². The van der Waals surface area contributed by atoms with Crippen molar-refractivity contribution in [3.8, 4) is 0 Å². The second-order valence-corrected chi connectivity index (χ2v) is 6.37. The first-order valence-electron chi connectivity index (χ1n) is 7.73. The largest absolute Gasteiger partial charge is 0.478 e. The molecule has 2 rings (SSSR count). The Kier molecular flexibility index (Phi) is 5.34. The highest BCUT2D eigenvalue weighted by molar-refractivity contribution is 5.89. The average Bonchev–Trinajstić information content (AvgIpc) is 2.90. The third-order valence-electron chi connectivity index (χ3n) is 4.11. The van der Waals surface area contributed by atoms with Crippen LogP contribution in [0.15, 0.2) is 18.2 Å². The maximum absolute atomic E-state index is 13.5. The zero-order chi connectivity index (χ0) is 15.4. The average molecular weight is 293 g/mol. The zero-order valence-corrected chi connectivity index (χ0v) is 12.8. The summed E-state index contributed by atoms with van der Waals surface area (Å²) in [6, 6.07) is 4.45. The molecule has 1 aromatic rings. The molecule has 1 aromatic carbocycles. The van der Waals surface area contributed by atoms with E-state index in [9.17, 15) is 14.3 Å². The highest BCUT2D eigenvalue weighted by Gasteiger charge is 2.24. The molecule has 116 valence electrons. The third kappa shape index (κ3) is 4.27. The van der Waals surface area contributed by atoms with Crippen LogP contribution in [-0.4, -0.2) is 28.6 Å². The Morgan fingerprint density at radius 1 is 1.38 bits per heavy atom. The van der Waals surface area contributed by atoms with E-state index in [1.807, 2.05) is 0 Å². The van der Waals surface area contributed by atoms with Gasteiger partial charge in [-0.05, 0) is 42.5 Å². The van der Waals surface area contributed by atoms with Crippen LogP contribution in [0, 0.1) is 11.7 Å². The number of nitrogens with zero attached hydrogens (tertiary/aromatic N) is 1. The number of halogens is 1. The molecule has 0 saturated heterocycles. The van der Waals surface area contributed by atoms with Crippen molar-refractivity contribution < 1.29 is 14.3 Å². The van der Waals surface area contributed by atoms with Crippen LogP contribution in [0.5, 0.6) is 0 Å². The summed E-state index contributed by atoms with van der Waals surface area (Å²) in [5, 5.41) is 9.28. The van der Waals surface area contributed by atoms with Crippen molar-refractivity contribution in [2.45, 2.75) is 52.1 Å². The quantitative estimate of drug-likeness (QED) is 0.864. The van der Waals surface area contributed by atoms with Gasteiger partial charge in [0.25, 0.3) is 0 Å². The molecule has 1 N–H and O–H groups in total. The van der Waals surface area contributed by atoms with Crippen molar-refractivity contribution >= 4 is 5.97 Å². The molecule has 0 aromatic heterocycles. The summed E-state index contributed by atoms with van der Waals surface area (Å²) in [5.41, 5.74) is 0.790. The number of aromatic carboxylic acids is 1. The predicted octanol–water partition coefficient (Wildman–Crippen LogP) is 3.92. The molecule has 0 atom stereocenters. The van der Waals surface area contributed by atoms with Gasteiger partial charge < -0.3 is 5.11 Å². The molecule has 0 spiro atoms. The number of carbonyl (C=O) groups is 1. The summed E-state index contributed by atoms with van der Waals surface area (Å²) in [7, 11) is 0. The van der Waals surface area contributed by atoms with Crippen molar-refractivity contribution in [2.24, 2.45) is 5.92 Å². The number of carboxylic acids is 1. The fourth-order valence-electron chi connectivity index (χ4n) is 3.20. The first-order chi connectivity index (χ1) is 9.97. The van der Waals surface area contributed by atoms with Crippen LogP contribution in [0.2, 0.25) is 0 Å². The van der Waals surface area contributed by atoms with Gasteiger partial charge in [-0.1, -0.05) is 26.7 Å². The van der Waals surface area contributed by atoms with E-state index in [1.54, 1.807) is 0 Å². The van der Waals surface area contributed by atoms with Crippen LogP contribution in [0.1, 0.15) is 55.5 Å². The van der Waals surface area contributed by atoms with Crippen LogP contribution in [-0.2, 0) is 6.54 Å². The zero-order valence-electron chi connectivity index (χ0n) is 12.8. The van der Waals surface area contributed by atoms with Gasteiger partial charge in [0.2, 0.25) is 0 Å². The second-order valence-electron chi connectivity index (χ2n) is 6.37. The van der Waals surface area contributed by atoms with E-state index in [0.29, 0.717) is 24.1 Å². The molecule has 1 saturated carbocycles. The molecule has 1 fully saturated rings. The number of hydrogen-bond acceptors (Lipinski definition) is 2. The van der Waals surface area contributed by atoms with Crippen molar-refractivity contribution in [1.82, 2.24) is 4.90 Å². The number of carboxylic acid groups (broad SMARTS) is 1. The Labute approximate surface area is 125 Å². The van der Waals surface area contributed by atoms with Crippen molar-refractivity contribution in [3.63, 3.8) is 0 Å². The van der Waals surface area contributed by atoms with Gasteiger partial charge in [-0.15, -0.1) is 0 Å². The lowest BCUT2D eigenvalue weighted by molar-refractivity contribution is 0.0693. The Bertz CT molecular complexity index is 496. The van der Waals surface area contributed by atoms with Crippen LogP contribution < -0.4 is 0 Å². The van der Waals surface area contributed by atoms with Gasteiger partial charge in [-0.3, -0.25) is 4.90 Å². The molecule has 0 amide bonds. The van der Waals surface area contributed by atoms with Gasteiger partial charge in [0.05, 0.1) is 5.56 Å². The Balaban J connectivity index is 2.22. The van der Waals surface area contributed by atoms with E-state index in [1.165, 1.54) is 31.0 Å². The van der Waals surface area contributed by atoms with Gasteiger partial charge >= 0.3 is 5.97 Å². The normalized spacial score (nSPS) is 16.0. The molecular formula is C17H24FNO2. The molecule has 0 radical (unpaired) electrons. The Morgan fingerprint density at radius 2 is 2.05 bits per heavy atom. The molecule has 0 unspecified atom stereocenters. The van der Waals surface area contributed by atoms with Crippen molar-refractivity contribution in [2.75, 3.05) is 6.54 Å². The van der Waals surface area contributed by atoms with Gasteiger partial charge in [-0.25, -0.2) is 9.18 Å². The lowest BCUT2D eigenvalue weighted by atomic mass is 10.0. The smallest absolute Gasteiger partial charge is 0.336 e. The van der Waals surface area contributed by atoms with Crippen LogP contribution >= 0.6 is 0 Å². The van der Waals surface area contributed by atoms with Crippen LogP contribution in [0.25, 0.3) is 0 Å². The van der Waals surface area contributed by atoms with Gasteiger partial charge in [0.1, 0.15) is 5.82 Å². The van der Waals surface area contributed by atoms with Crippen LogP contribution in [0.3, 0.4) is 0 Å². The molecule has 4 heteroatoms. The van der Waals surface area contributed by atoms with Crippen molar-refractivity contribution in [3.05, 3.63) is 35.1 Å². The third-order valence-corrected chi connectivity index (χ3v) is 4.11. The maximum atomic E-state index is 13.5. The molecule has 0 aliphatic heterocycles. The lowest BCUT2D eigenvalue weighted by Crippen LogP contribution is -2.36. The standard InChI is InChI=1S/C17H24FNO2/c1-12(2)10-19(15-5-3-4-6-15)11-13-9-14(18)7-8-16(13)17(20)21/h7-9,12,15H,3-6,10-11H2,1-2H3,(H,20,21). The Hall–Kier alpha value is -1.42. The van der Waals surface area contributed by atoms with E-state index in [4.69, 9.17) is 0 Å². The summed E-state index contributed by atoms with van der Waals surface area (Å²) < 4.78 is 13.5. The maximum Gasteiger partial charge on any atom is 0.336 e. The second kappa shape index (κ2) is 7.03. The molecule has 0 bridgehead atoms. The van der Waals surface area contributed by atoms with E-state index in [-0.39, 0.29) is 11.4 Å². The SMILES string of the molecule is CC(C)CN(Cc1cc(F)ccc1C(=O)O)C1CCCC1. The highest BCUT2D eigenvalue weighted by Crippen LogP contribution is 2.26. The molecule has 1 aliphatic rings. The molecular weight excluding hydrogens is 269 g/mol.